The third-order valence-electron chi connectivity index (χ3n) is 5.49. The summed E-state index contributed by atoms with van der Waals surface area (Å²) in [7, 11) is 2.01. The van der Waals surface area contributed by atoms with Gasteiger partial charge in [0.05, 0.1) is 16.4 Å². The van der Waals surface area contributed by atoms with Crippen molar-refractivity contribution in [3.05, 3.63) is 64.4 Å². The number of hydrogen-bond donors (Lipinski definition) is 2. The first-order chi connectivity index (χ1) is 13.0. The van der Waals surface area contributed by atoms with Crippen LogP contribution in [0.5, 0.6) is 0 Å². The highest BCUT2D eigenvalue weighted by Crippen LogP contribution is 2.29. The lowest BCUT2D eigenvalue weighted by atomic mass is 9.75. The van der Waals surface area contributed by atoms with Gasteiger partial charge >= 0.3 is 0 Å². The van der Waals surface area contributed by atoms with Crippen molar-refractivity contribution < 1.29 is 4.79 Å². The van der Waals surface area contributed by atoms with Gasteiger partial charge in [-0.25, -0.2) is 4.98 Å². The van der Waals surface area contributed by atoms with Gasteiger partial charge in [-0.1, -0.05) is 29.8 Å². The second kappa shape index (κ2) is 6.98. The molecule has 6 heteroatoms. The standard InChI is InChI=1S/C21H23ClN4O/c1-14-25-18-9-16(5-8-19(18)26(14)2)11-24-20(27)21(12-23-13-21)10-15-3-6-17(22)7-4-15/h3-9,23H,10-13H2,1-2H3,(H,24,27). The van der Waals surface area contributed by atoms with E-state index in [1.807, 2.05) is 44.3 Å². The molecule has 1 fully saturated rings. The van der Waals surface area contributed by atoms with E-state index in [-0.39, 0.29) is 11.3 Å². The van der Waals surface area contributed by atoms with Gasteiger partial charge in [0, 0.05) is 31.7 Å². The van der Waals surface area contributed by atoms with Crippen molar-refractivity contribution in [1.82, 2.24) is 20.2 Å². The van der Waals surface area contributed by atoms with Gasteiger partial charge in [0.25, 0.3) is 0 Å². The number of rotatable bonds is 5. The summed E-state index contributed by atoms with van der Waals surface area (Å²) in [6.45, 7) is 3.89. The molecule has 1 amide bonds. The maximum atomic E-state index is 12.9. The zero-order valence-electron chi connectivity index (χ0n) is 15.6. The van der Waals surface area contributed by atoms with Crippen LogP contribution in [-0.2, 0) is 24.8 Å². The average Bonchev–Trinajstić information content (AvgIpc) is 2.91. The molecule has 2 aromatic carbocycles. The first kappa shape index (κ1) is 18.0. The Morgan fingerprint density at radius 3 is 2.59 bits per heavy atom. The molecule has 4 rings (SSSR count). The van der Waals surface area contributed by atoms with Gasteiger partial charge in [-0.15, -0.1) is 0 Å². The molecule has 5 nitrogen and oxygen atoms in total. The molecule has 0 saturated carbocycles. The molecule has 27 heavy (non-hydrogen) atoms. The predicted molar refractivity (Wildman–Crippen MR) is 108 cm³/mol. The fourth-order valence-electron chi connectivity index (χ4n) is 3.63. The molecule has 1 saturated heterocycles. The molecule has 3 aromatic rings. The van der Waals surface area contributed by atoms with E-state index in [9.17, 15) is 4.79 Å². The normalized spacial score (nSPS) is 15.5. The highest BCUT2D eigenvalue weighted by atomic mass is 35.5. The summed E-state index contributed by atoms with van der Waals surface area (Å²) in [5, 5.41) is 7.08. The summed E-state index contributed by atoms with van der Waals surface area (Å²) in [5.74, 6) is 1.07. The van der Waals surface area contributed by atoms with E-state index in [1.54, 1.807) is 0 Å². The van der Waals surface area contributed by atoms with Gasteiger partial charge in [0.2, 0.25) is 5.91 Å². The lowest BCUT2D eigenvalue weighted by molar-refractivity contribution is -0.134. The van der Waals surface area contributed by atoms with E-state index in [4.69, 9.17) is 11.6 Å². The van der Waals surface area contributed by atoms with Crippen LogP contribution < -0.4 is 10.6 Å². The van der Waals surface area contributed by atoms with Crippen LogP contribution in [0.15, 0.2) is 42.5 Å². The molecule has 2 N–H and O–H groups in total. The van der Waals surface area contributed by atoms with Gasteiger partial charge in [0.1, 0.15) is 5.82 Å². The zero-order chi connectivity index (χ0) is 19.0. The number of aryl methyl sites for hydroxylation is 2. The Morgan fingerprint density at radius 1 is 1.22 bits per heavy atom. The average molecular weight is 383 g/mol. The molecular formula is C21H23ClN4O. The lowest BCUT2D eigenvalue weighted by Crippen LogP contribution is -2.62. The zero-order valence-corrected chi connectivity index (χ0v) is 16.3. The van der Waals surface area contributed by atoms with E-state index < -0.39 is 0 Å². The van der Waals surface area contributed by atoms with Gasteiger partial charge in [0.15, 0.2) is 0 Å². The Balaban J connectivity index is 1.45. The SMILES string of the molecule is Cc1nc2cc(CNC(=O)C3(Cc4ccc(Cl)cc4)CNC3)ccc2n1C. The molecule has 0 radical (unpaired) electrons. The molecule has 0 bridgehead atoms. The third-order valence-corrected chi connectivity index (χ3v) is 5.74. The Hall–Kier alpha value is -2.37. The molecule has 0 spiro atoms. The Bertz CT molecular complexity index is 989. The third kappa shape index (κ3) is 3.45. The Kier molecular flexibility index (Phi) is 4.66. The molecule has 0 aliphatic carbocycles. The van der Waals surface area contributed by atoms with Crippen LogP contribution in [0.3, 0.4) is 0 Å². The fourth-order valence-corrected chi connectivity index (χ4v) is 3.76. The van der Waals surface area contributed by atoms with Gasteiger partial charge < -0.3 is 15.2 Å². The minimum atomic E-state index is -0.389. The van der Waals surface area contributed by atoms with E-state index in [2.05, 4.69) is 32.3 Å². The number of benzene rings is 2. The Labute approximate surface area is 163 Å². The summed E-state index contributed by atoms with van der Waals surface area (Å²) in [5.41, 5.74) is 3.86. The topological polar surface area (TPSA) is 59.0 Å². The number of amides is 1. The summed E-state index contributed by atoms with van der Waals surface area (Å²) >= 11 is 5.97. The minimum absolute atomic E-state index is 0.0912. The number of aromatic nitrogens is 2. The van der Waals surface area contributed by atoms with Gasteiger partial charge in [-0.3, -0.25) is 4.79 Å². The largest absolute Gasteiger partial charge is 0.351 e. The van der Waals surface area contributed by atoms with Crippen LogP contribution in [0.1, 0.15) is 17.0 Å². The molecule has 1 aliphatic heterocycles. The smallest absolute Gasteiger partial charge is 0.229 e. The highest BCUT2D eigenvalue weighted by Gasteiger charge is 2.44. The number of carbonyl (C=O) groups is 1. The molecule has 0 unspecified atom stereocenters. The molecule has 140 valence electrons. The summed E-state index contributed by atoms with van der Waals surface area (Å²) in [6, 6.07) is 13.9. The van der Waals surface area contributed by atoms with Crippen LogP contribution in [0.25, 0.3) is 11.0 Å². The van der Waals surface area contributed by atoms with E-state index >= 15 is 0 Å². The quantitative estimate of drug-likeness (QED) is 0.713. The van der Waals surface area contributed by atoms with Crippen molar-refractivity contribution in [2.45, 2.75) is 19.9 Å². The number of hydrogen-bond acceptors (Lipinski definition) is 3. The fraction of sp³-hybridized carbons (Fsp3) is 0.333. The minimum Gasteiger partial charge on any atom is -0.351 e. The van der Waals surface area contributed by atoms with Crippen molar-refractivity contribution in [3.8, 4) is 0 Å². The maximum absolute atomic E-state index is 12.9. The van der Waals surface area contributed by atoms with E-state index in [1.165, 1.54) is 0 Å². The van der Waals surface area contributed by atoms with Gasteiger partial charge in [-0.05, 0) is 48.7 Å². The van der Waals surface area contributed by atoms with Crippen molar-refractivity contribution >= 4 is 28.5 Å². The first-order valence-electron chi connectivity index (χ1n) is 9.12. The summed E-state index contributed by atoms with van der Waals surface area (Å²) in [6.07, 6.45) is 0.710. The highest BCUT2D eigenvalue weighted by molar-refractivity contribution is 6.30. The van der Waals surface area contributed by atoms with Gasteiger partial charge in [-0.2, -0.15) is 0 Å². The molecule has 1 aliphatic rings. The van der Waals surface area contributed by atoms with Crippen molar-refractivity contribution in [2.24, 2.45) is 12.5 Å². The van der Waals surface area contributed by atoms with Crippen molar-refractivity contribution in [1.29, 1.82) is 0 Å². The number of halogens is 1. The molecular weight excluding hydrogens is 360 g/mol. The Morgan fingerprint density at radius 2 is 1.93 bits per heavy atom. The van der Waals surface area contributed by atoms with E-state index in [0.717, 1.165) is 28.0 Å². The number of nitrogens with one attached hydrogen (secondary N) is 2. The van der Waals surface area contributed by atoms with E-state index in [0.29, 0.717) is 31.1 Å². The second-order valence-electron chi connectivity index (χ2n) is 7.41. The van der Waals surface area contributed by atoms with Crippen molar-refractivity contribution in [3.63, 3.8) is 0 Å². The number of nitrogens with zero attached hydrogens (tertiary/aromatic N) is 2. The summed E-state index contributed by atoms with van der Waals surface area (Å²) < 4.78 is 2.07. The molecule has 2 heterocycles. The molecule has 1 aromatic heterocycles. The maximum Gasteiger partial charge on any atom is 0.229 e. The van der Waals surface area contributed by atoms with Crippen molar-refractivity contribution in [2.75, 3.05) is 13.1 Å². The number of carbonyl (C=O) groups excluding carboxylic acids is 1. The van der Waals surface area contributed by atoms with Crippen LogP contribution in [0, 0.1) is 12.3 Å². The number of imidazole rings is 1. The summed E-state index contributed by atoms with van der Waals surface area (Å²) in [4.78, 5) is 17.5. The second-order valence-corrected chi connectivity index (χ2v) is 7.85. The predicted octanol–water partition coefficient (Wildman–Crippen LogP) is 2.98. The van der Waals surface area contributed by atoms with Crippen LogP contribution in [0.2, 0.25) is 5.02 Å². The first-order valence-corrected chi connectivity index (χ1v) is 9.50. The number of fused-ring (bicyclic) bond motifs is 1. The van der Waals surface area contributed by atoms with Crippen LogP contribution >= 0.6 is 11.6 Å². The lowest BCUT2D eigenvalue weighted by Gasteiger charge is -2.41. The van der Waals surface area contributed by atoms with Crippen LogP contribution in [0.4, 0.5) is 0 Å². The molecule has 0 atom stereocenters. The monoisotopic (exact) mass is 382 g/mol. The van der Waals surface area contributed by atoms with Crippen LogP contribution in [-0.4, -0.2) is 28.5 Å².